The highest BCUT2D eigenvalue weighted by molar-refractivity contribution is 7.07. The second-order valence-corrected chi connectivity index (χ2v) is 9.36. The Kier molecular flexibility index (Phi) is 6.73. The number of carbonyl (C=O) groups excluding carboxylic acids is 4. The van der Waals surface area contributed by atoms with E-state index in [1.54, 1.807) is 36.1 Å². The molecule has 2 aliphatic heterocycles. The fraction of sp³-hybridized carbons (Fsp3) is 0.304. The van der Waals surface area contributed by atoms with Crippen LogP contribution in [-0.2, 0) is 14.4 Å². The van der Waals surface area contributed by atoms with Crippen molar-refractivity contribution in [3.63, 3.8) is 0 Å². The van der Waals surface area contributed by atoms with Gasteiger partial charge in [-0.1, -0.05) is 35.1 Å². The van der Waals surface area contributed by atoms with Crippen LogP contribution in [0.1, 0.15) is 32.4 Å². The fourth-order valence-electron chi connectivity index (χ4n) is 4.08. The van der Waals surface area contributed by atoms with Gasteiger partial charge in [-0.25, -0.2) is 9.79 Å². The second kappa shape index (κ2) is 9.59. The SMILES string of the molecule is CCN(CC)C(=O)C1=C(C)N=c2s/c(=C\C3C(=O)NC(=O)NC3=O)c(=O)n2[C@H]1c1ccc(Cl)cc1. The quantitative estimate of drug-likeness (QED) is 0.566. The third-order valence-electron chi connectivity index (χ3n) is 5.84. The molecule has 0 aliphatic carbocycles. The van der Waals surface area contributed by atoms with Crippen molar-refractivity contribution in [3.05, 3.63) is 65.8 Å². The van der Waals surface area contributed by atoms with Gasteiger partial charge in [0.2, 0.25) is 11.8 Å². The topological polar surface area (TPSA) is 130 Å². The zero-order valence-corrected chi connectivity index (χ0v) is 20.7. The van der Waals surface area contributed by atoms with Crippen LogP contribution in [0.5, 0.6) is 0 Å². The van der Waals surface area contributed by atoms with E-state index >= 15 is 0 Å². The van der Waals surface area contributed by atoms with E-state index in [2.05, 4.69) is 4.99 Å². The van der Waals surface area contributed by atoms with Crippen LogP contribution in [0.4, 0.5) is 4.79 Å². The van der Waals surface area contributed by atoms with Crippen molar-refractivity contribution in [3.8, 4) is 0 Å². The number of rotatable bonds is 5. The number of urea groups is 1. The summed E-state index contributed by atoms with van der Waals surface area (Å²) in [6.45, 7) is 6.41. The van der Waals surface area contributed by atoms with Gasteiger partial charge in [0, 0.05) is 18.1 Å². The molecule has 0 spiro atoms. The van der Waals surface area contributed by atoms with Gasteiger partial charge >= 0.3 is 6.03 Å². The van der Waals surface area contributed by atoms with Crippen molar-refractivity contribution in [1.29, 1.82) is 0 Å². The van der Waals surface area contributed by atoms with Crippen molar-refractivity contribution >= 4 is 52.8 Å². The fourth-order valence-corrected chi connectivity index (χ4v) is 5.26. The van der Waals surface area contributed by atoms with Crippen LogP contribution in [0.25, 0.3) is 6.08 Å². The highest BCUT2D eigenvalue weighted by Gasteiger charge is 2.36. The van der Waals surface area contributed by atoms with E-state index in [-0.39, 0.29) is 10.4 Å². The zero-order valence-electron chi connectivity index (χ0n) is 19.1. The number of halogens is 1. The number of imide groups is 2. The Morgan fingerprint density at radius 1 is 1.11 bits per heavy atom. The molecule has 3 heterocycles. The number of allylic oxidation sites excluding steroid dienone is 1. The lowest BCUT2D eigenvalue weighted by Crippen LogP contribution is -2.55. The van der Waals surface area contributed by atoms with Crippen molar-refractivity contribution in [2.45, 2.75) is 26.8 Å². The summed E-state index contributed by atoms with van der Waals surface area (Å²) in [7, 11) is 0. The lowest BCUT2D eigenvalue weighted by molar-refractivity contribution is -0.133. The van der Waals surface area contributed by atoms with Crippen LogP contribution < -0.4 is 25.5 Å². The molecule has 2 aromatic rings. The molecule has 1 fully saturated rings. The Balaban J connectivity index is 1.92. The lowest BCUT2D eigenvalue weighted by atomic mass is 9.94. The molecule has 1 atom stereocenters. The first kappa shape index (κ1) is 24.6. The maximum Gasteiger partial charge on any atom is 0.328 e. The van der Waals surface area contributed by atoms with E-state index in [0.717, 1.165) is 11.3 Å². The molecule has 0 radical (unpaired) electrons. The van der Waals surface area contributed by atoms with Crippen molar-refractivity contribution in [2.24, 2.45) is 10.9 Å². The number of benzene rings is 1. The molecular formula is C23H22ClN5O5S. The third-order valence-corrected chi connectivity index (χ3v) is 7.10. The summed E-state index contributed by atoms with van der Waals surface area (Å²) < 4.78 is 1.49. The first-order chi connectivity index (χ1) is 16.7. The largest absolute Gasteiger partial charge is 0.339 e. The number of carbonyl (C=O) groups is 4. The van der Waals surface area contributed by atoms with Gasteiger partial charge in [-0.05, 0) is 44.5 Å². The average molecular weight is 516 g/mol. The number of amides is 5. The third kappa shape index (κ3) is 4.44. The van der Waals surface area contributed by atoms with Crippen LogP contribution in [0, 0.1) is 5.92 Å². The van der Waals surface area contributed by atoms with Crippen molar-refractivity contribution < 1.29 is 19.2 Å². The standard InChI is InChI=1S/C23H22ClN5O5S/c1-4-28(5-2)21(33)16-11(3)25-23-29(17(16)12-6-8-13(24)9-7-12)20(32)15(35-23)10-14-18(30)26-22(34)27-19(14)31/h6-10,14,17H,4-5H2,1-3H3,(H2,26,27,30,31,34)/b15-10-/t17-/m0/s1. The van der Waals surface area contributed by atoms with Gasteiger partial charge in [0.05, 0.1) is 21.8 Å². The summed E-state index contributed by atoms with van der Waals surface area (Å²) in [6.07, 6.45) is 1.21. The molecule has 35 heavy (non-hydrogen) atoms. The first-order valence-corrected chi connectivity index (χ1v) is 12.1. The summed E-state index contributed by atoms with van der Waals surface area (Å²) in [5.41, 5.74) is 0.969. The van der Waals surface area contributed by atoms with E-state index in [4.69, 9.17) is 11.6 Å². The van der Waals surface area contributed by atoms with E-state index in [1.165, 1.54) is 10.6 Å². The number of barbiturate groups is 1. The highest BCUT2D eigenvalue weighted by atomic mass is 35.5. The molecule has 1 saturated heterocycles. The molecule has 10 nitrogen and oxygen atoms in total. The maximum absolute atomic E-state index is 13.6. The number of likely N-dealkylation sites (N-methyl/N-ethyl adjacent to an activating group) is 1. The predicted molar refractivity (Wildman–Crippen MR) is 129 cm³/mol. The highest BCUT2D eigenvalue weighted by Crippen LogP contribution is 2.31. The molecule has 12 heteroatoms. The van der Waals surface area contributed by atoms with Crippen LogP contribution in [0.15, 0.2) is 45.3 Å². The normalized spacial score (nSPS) is 18.7. The number of hydrogen-bond acceptors (Lipinski definition) is 7. The monoisotopic (exact) mass is 515 g/mol. The average Bonchev–Trinajstić information content (AvgIpc) is 3.11. The predicted octanol–water partition coefficient (Wildman–Crippen LogP) is 0.691. The molecule has 0 unspecified atom stereocenters. The minimum atomic E-state index is -1.36. The Bertz CT molecular complexity index is 1430. The van der Waals surface area contributed by atoms with Gasteiger partial charge in [-0.15, -0.1) is 0 Å². The van der Waals surface area contributed by atoms with Crippen LogP contribution in [0.2, 0.25) is 5.02 Å². The summed E-state index contributed by atoms with van der Waals surface area (Å²) in [5, 5.41) is 4.53. The van der Waals surface area contributed by atoms with Gasteiger partial charge in [0.25, 0.3) is 11.5 Å². The van der Waals surface area contributed by atoms with E-state index in [1.807, 2.05) is 24.5 Å². The van der Waals surface area contributed by atoms with Gasteiger partial charge in [0.15, 0.2) is 4.80 Å². The number of nitrogens with one attached hydrogen (secondary N) is 2. The maximum atomic E-state index is 13.6. The molecule has 2 N–H and O–H groups in total. The Morgan fingerprint density at radius 3 is 2.29 bits per heavy atom. The zero-order chi connectivity index (χ0) is 25.4. The van der Waals surface area contributed by atoms with E-state index in [0.29, 0.717) is 39.7 Å². The number of nitrogens with zero attached hydrogens (tertiary/aromatic N) is 3. The van der Waals surface area contributed by atoms with E-state index in [9.17, 15) is 24.0 Å². The number of thiazole rings is 1. The molecule has 5 amide bonds. The van der Waals surface area contributed by atoms with Crippen molar-refractivity contribution in [2.75, 3.05) is 13.1 Å². The summed E-state index contributed by atoms with van der Waals surface area (Å²) >= 11 is 7.08. The van der Waals surface area contributed by atoms with Crippen LogP contribution in [-0.4, -0.2) is 46.3 Å². The molecular weight excluding hydrogens is 494 g/mol. The molecule has 0 saturated carbocycles. The minimum Gasteiger partial charge on any atom is -0.339 e. The molecule has 4 rings (SSSR count). The Morgan fingerprint density at radius 2 is 1.71 bits per heavy atom. The lowest BCUT2D eigenvalue weighted by Gasteiger charge is -2.29. The van der Waals surface area contributed by atoms with Gasteiger partial charge in [0.1, 0.15) is 5.92 Å². The van der Waals surface area contributed by atoms with Crippen LogP contribution >= 0.6 is 22.9 Å². The Labute approximate surface area is 208 Å². The molecule has 2 aliphatic rings. The number of hydrogen-bond donors (Lipinski definition) is 2. The molecule has 0 bridgehead atoms. The smallest absolute Gasteiger partial charge is 0.328 e. The van der Waals surface area contributed by atoms with Gasteiger partial charge < -0.3 is 4.90 Å². The molecule has 1 aromatic heterocycles. The van der Waals surface area contributed by atoms with E-state index < -0.39 is 35.4 Å². The second-order valence-electron chi connectivity index (χ2n) is 7.92. The summed E-state index contributed by atoms with van der Waals surface area (Å²) in [4.78, 5) is 69.4. The van der Waals surface area contributed by atoms with Crippen LogP contribution in [0.3, 0.4) is 0 Å². The number of fused-ring (bicyclic) bond motifs is 1. The van der Waals surface area contributed by atoms with Crippen molar-refractivity contribution in [1.82, 2.24) is 20.1 Å². The first-order valence-electron chi connectivity index (χ1n) is 10.9. The Hall–Kier alpha value is -3.57. The van der Waals surface area contributed by atoms with Gasteiger partial charge in [-0.3, -0.25) is 34.4 Å². The van der Waals surface area contributed by atoms with Gasteiger partial charge in [-0.2, -0.15) is 0 Å². The molecule has 1 aromatic carbocycles. The molecule has 182 valence electrons. The summed E-state index contributed by atoms with van der Waals surface area (Å²) in [5.74, 6) is -3.25. The minimum absolute atomic E-state index is 0.0942. The summed E-state index contributed by atoms with van der Waals surface area (Å²) in [6, 6.07) is 5.14. The number of aromatic nitrogens is 1.